The lowest BCUT2D eigenvalue weighted by atomic mass is 10.1. The molecule has 2 aromatic carbocycles. The van der Waals surface area contributed by atoms with E-state index in [-0.39, 0.29) is 18.1 Å². The molecule has 0 saturated heterocycles. The lowest BCUT2D eigenvalue weighted by molar-refractivity contribution is 0.468. The van der Waals surface area contributed by atoms with Crippen molar-refractivity contribution in [3.63, 3.8) is 0 Å². The minimum absolute atomic E-state index is 0.142. The molecule has 0 fully saturated rings. The number of hydrogen-bond acceptors (Lipinski definition) is 2. The van der Waals surface area contributed by atoms with E-state index in [0.717, 1.165) is 6.07 Å². The van der Waals surface area contributed by atoms with E-state index in [4.69, 9.17) is 0 Å². The number of anilines is 1. The zero-order chi connectivity index (χ0) is 13.1. The predicted octanol–water partition coefficient (Wildman–Crippen LogP) is 3.59. The number of nitrogens with one attached hydrogen (secondary N) is 1. The van der Waals surface area contributed by atoms with Crippen LogP contribution in [0.25, 0.3) is 0 Å². The molecule has 2 rings (SSSR count). The molecule has 2 aromatic rings. The Hall–Kier alpha value is -2.10. The topological polar surface area (TPSA) is 32.3 Å². The summed E-state index contributed by atoms with van der Waals surface area (Å²) in [7, 11) is 0. The van der Waals surface area contributed by atoms with Crippen LogP contribution < -0.4 is 5.32 Å². The average Bonchev–Trinajstić information content (AvgIpc) is 2.30. The molecule has 0 bridgehead atoms. The molecule has 94 valence electrons. The Morgan fingerprint density at radius 3 is 2.67 bits per heavy atom. The monoisotopic (exact) mass is 249 g/mol. The molecule has 2 N–H and O–H groups in total. The number of phenolic OH excluding ortho intramolecular Hbond substituents is 1. The van der Waals surface area contributed by atoms with E-state index in [0.29, 0.717) is 16.8 Å². The molecule has 0 aliphatic heterocycles. The molecule has 0 spiro atoms. The van der Waals surface area contributed by atoms with Gasteiger partial charge in [-0.1, -0.05) is 12.1 Å². The molecule has 0 aliphatic carbocycles. The Balaban J connectivity index is 2.14. The van der Waals surface area contributed by atoms with Crippen molar-refractivity contribution >= 4 is 5.69 Å². The number of aryl methyl sites for hydroxylation is 1. The molecular weight excluding hydrogens is 236 g/mol. The highest BCUT2D eigenvalue weighted by Gasteiger charge is 2.05. The Morgan fingerprint density at radius 2 is 1.94 bits per heavy atom. The van der Waals surface area contributed by atoms with Gasteiger partial charge in [-0.15, -0.1) is 0 Å². The largest absolute Gasteiger partial charge is 0.508 e. The molecular formula is C14H13F2NO. The number of hydrogen-bond donors (Lipinski definition) is 2. The molecule has 0 unspecified atom stereocenters. The van der Waals surface area contributed by atoms with Crippen molar-refractivity contribution in [3.8, 4) is 5.75 Å². The highest BCUT2D eigenvalue weighted by molar-refractivity contribution is 5.48. The van der Waals surface area contributed by atoms with Gasteiger partial charge in [0.25, 0.3) is 0 Å². The second-order valence-corrected chi connectivity index (χ2v) is 4.11. The molecule has 0 aromatic heterocycles. The maximum atomic E-state index is 13.7. The first-order valence-corrected chi connectivity index (χ1v) is 5.53. The maximum absolute atomic E-state index is 13.7. The number of phenols is 1. The summed E-state index contributed by atoms with van der Waals surface area (Å²) in [5.74, 6) is -0.980. The van der Waals surface area contributed by atoms with Crippen LogP contribution >= 0.6 is 0 Å². The van der Waals surface area contributed by atoms with Crippen LogP contribution in [0.5, 0.6) is 5.75 Å². The lowest BCUT2D eigenvalue weighted by Gasteiger charge is -2.09. The molecule has 0 saturated carbocycles. The van der Waals surface area contributed by atoms with Crippen molar-refractivity contribution in [2.45, 2.75) is 13.5 Å². The third-order valence-corrected chi connectivity index (χ3v) is 2.62. The fourth-order valence-electron chi connectivity index (χ4n) is 1.72. The zero-order valence-electron chi connectivity index (χ0n) is 9.87. The average molecular weight is 249 g/mol. The summed E-state index contributed by atoms with van der Waals surface area (Å²) in [4.78, 5) is 0. The summed E-state index contributed by atoms with van der Waals surface area (Å²) in [6, 6.07) is 8.78. The SMILES string of the molecule is Cc1cccc(NCc2cc(O)cc(F)c2)c1F. The van der Waals surface area contributed by atoms with E-state index in [2.05, 4.69) is 5.32 Å². The normalized spacial score (nSPS) is 10.4. The van der Waals surface area contributed by atoms with Gasteiger partial charge in [0.1, 0.15) is 17.4 Å². The summed E-state index contributed by atoms with van der Waals surface area (Å²) in [5.41, 5.74) is 1.45. The highest BCUT2D eigenvalue weighted by Crippen LogP contribution is 2.19. The van der Waals surface area contributed by atoms with Crippen LogP contribution in [0.3, 0.4) is 0 Å². The first kappa shape index (κ1) is 12.4. The van der Waals surface area contributed by atoms with Gasteiger partial charge >= 0.3 is 0 Å². The summed E-state index contributed by atoms with van der Waals surface area (Å²) in [6.07, 6.45) is 0. The summed E-state index contributed by atoms with van der Waals surface area (Å²) >= 11 is 0. The predicted molar refractivity (Wildman–Crippen MR) is 66.5 cm³/mol. The van der Waals surface area contributed by atoms with Crippen LogP contribution in [-0.2, 0) is 6.54 Å². The minimum atomic E-state index is -0.517. The first-order valence-electron chi connectivity index (χ1n) is 5.53. The Kier molecular flexibility index (Phi) is 3.46. The molecule has 4 heteroatoms. The second kappa shape index (κ2) is 5.04. The molecule has 0 amide bonds. The second-order valence-electron chi connectivity index (χ2n) is 4.11. The quantitative estimate of drug-likeness (QED) is 0.871. The van der Waals surface area contributed by atoms with E-state index >= 15 is 0 Å². The number of halogens is 2. The molecule has 0 heterocycles. The zero-order valence-corrected chi connectivity index (χ0v) is 9.87. The maximum Gasteiger partial charge on any atom is 0.149 e. The number of rotatable bonds is 3. The van der Waals surface area contributed by atoms with Gasteiger partial charge < -0.3 is 10.4 Å². The van der Waals surface area contributed by atoms with E-state index in [1.165, 1.54) is 12.1 Å². The third-order valence-electron chi connectivity index (χ3n) is 2.62. The number of aromatic hydroxyl groups is 1. The van der Waals surface area contributed by atoms with Gasteiger partial charge in [0.15, 0.2) is 0 Å². The summed E-state index contributed by atoms with van der Waals surface area (Å²) < 4.78 is 26.7. The smallest absolute Gasteiger partial charge is 0.149 e. The van der Waals surface area contributed by atoms with Crippen LogP contribution in [0.2, 0.25) is 0 Å². The highest BCUT2D eigenvalue weighted by atomic mass is 19.1. The van der Waals surface area contributed by atoms with Crippen LogP contribution in [0.1, 0.15) is 11.1 Å². The summed E-state index contributed by atoms with van der Waals surface area (Å²) in [6.45, 7) is 1.92. The van der Waals surface area contributed by atoms with Crippen LogP contribution in [0.15, 0.2) is 36.4 Å². The van der Waals surface area contributed by atoms with Crippen LogP contribution in [0.4, 0.5) is 14.5 Å². The fraction of sp³-hybridized carbons (Fsp3) is 0.143. The van der Waals surface area contributed by atoms with Crippen LogP contribution in [-0.4, -0.2) is 5.11 Å². The van der Waals surface area contributed by atoms with Crippen molar-refractivity contribution in [3.05, 3.63) is 59.2 Å². The van der Waals surface area contributed by atoms with E-state index < -0.39 is 5.82 Å². The molecule has 18 heavy (non-hydrogen) atoms. The van der Waals surface area contributed by atoms with Gasteiger partial charge in [-0.2, -0.15) is 0 Å². The standard InChI is InChI=1S/C14H13F2NO/c1-9-3-2-4-13(14(9)16)17-8-10-5-11(15)7-12(18)6-10/h2-7,17-18H,8H2,1H3. The number of benzene rings is 2. The van der Waals surface area contributed by atoms with Gasteiger partial charge in [0, 0.05) is 12.6 Å². The minimum Gasteiger partial charge on any atom is -0.508 e. The Labute approximate surface area is 104 Å². The Bertz CT molecular complexity index is 549. The van der Waals surface area contributed by atoms with Crippen molar-refractivity contribution in [1.29, 1.82) is 0 Å². The lowest BCUT2D eigenvalue weighted by Crippen LogP contribution is -2.02. The molecule has 0 radical (unpaired) electrons. The van der Waals surface area contributed by atoms with Gasteiger partial charge in [-0.25, -0.2) is 8.78 Å². The van der Waals surface area contributed by atoms with Gasteiger partial charge in [-0.05, 0) is 36.2 Å². The van der Waals surface area contributed by atoms with Crippen LogP contribution in [0, 0.1) is 18.6 Å². The summed E-state index contributed by atoms with van der Waals surface area (Å²) in [5, 5.41) is 12.1. The molecule has 0 aliphatic rings. The van der Waals surface area contributed by atoms with E-state index in [1.54, 1.807) is 25.1 Å². The van der Waals surface area contributed by atoms with Crippen molar-refractivity contribution in [2.75, 3.05) is 5.32 Å². The van der Waals surface area contributed by atoms with E-state index in [1.807, 2.05) is 0 Å². The Morgan fingerprint density at radius 1 is 1.17 bits per heavy atom. The van der Waals surface area contributed by atoms with Gasteiger partial charge in [-0.3, -0.25) is 0 Å². The first-order chi connectivity index (χ1) is 8.56. The van der Waals surface area contributed by atoms with Crippen molar-refractivity contribution in [1.82, 2.24) is 0 Å². The third kappa shape index (κ3) is 2.77. The van der Waals surface area contributed by atoms with Crippen molar-refractivity contribution in [2.24, 2.45) is 0 Å². The molecule has 0 atom stereocenters. The van der Waals surface area contributed by atoms with Gasteiger partial charge in [0.05, 0.1) is 5.69 Å². The molecule has 2 nitrogen and oxygen atoms in total. The van der Waals surface area contributed by atoms with Gasteiger partial charge in [0.2, 0.25) is 0 Å². The van der Waals surface area contributed by atoms with Crippen molar-refractivity contribution < 1.29 is 13.9 Å². The fourth-order valence-corrected chi connectivity index (χ4v) is 1.72. The van der Waals surface area contributed by atoms with E-state index in [9.17, 15) is 13.9 Å².